The average molecular weight is 294 g/mol. The second kappa shape index (κ2) is 5.84. The highest BCUT2D eigenvalue weighted by molar-refractivity contribution is 7.10. The van der Waals surface area contributed by atoms with Crippen molar-refractivity contribution in [3.63, 3.8) is 0 Å². The van der Waals surface area contributed by atoms with E-state index in [1.165, 1.54) is 10.4 Å². The zero-order chi connectivity index (χ0) is 14.1. The largest absolute Gasteiger partial charge is 0.373 e. The Morgan fingerprint density at radius 2 is 2.15 bits per heavy atom. The Labute approximate surface area is 124 Å². The van der Waals surface area contributed by atoms with Crippen LogP contribution in [0.3, 0.4) is 0 Å². The van der Waals surface area contributed by atoms with Crippen LogP contribution in [0.4, 0.5) is 0 Å². The molecular weight excluding hydrogens is 272 g/mol. The summed E-state index contributed by atoms with van der Waals surface area (Å²) >= 11 is 1.81. The Hall–Kier alpha value is -0.910. The van der Waals surface area contributed by atoms with Crippen molar-refractivity contribution in [1.29, 1.82) is 0 Å². The maximum atomic E-state index is 12.5. The Kier molecular flexibility index (Phi) is 4.10. The van der Waals surface area contributed by atoms with Gasteiger partial charge in [0.25, 0.3) is 0 Å². The SMILES string of the molecule is C[C@H]1CN(CC(=O)N2CCc3sccc3C2)C[C@H](C)O1. The lowest BCUT2D eigenvalue weighted by Gasteiger charge is -2.36. The molecule has 0 unspecified atom stereocenters. The van der Waals surface area contributed by atoms with Crippen molar-refractivity contribution in [2.45, 2.75) is 39.0 Å². The summed E-state index contributed by atoms with van der Waals surface area (Å²) in [6.07, 6.45) is 1.45. The summed E-state index contributed by atoms with van der Waals surface area (Å²) in [5.41, 5.74) is 1.33. The predicted octanol–water partition coefficient (Wildman–Crippen LogP) is 1.74. The molecule has 0 saturated carbocycles. The fraction of sp³-hybridized carbons (Fsp3) is 0.667. The molecule has 0 aromatic carbocycles. The first-order valence-electron chi connectivity index (χ1n) is 7.32. The van der Waals surface area contributed by atoms with Gasteiger partial charge >= 0.3 is 0 Å². The Bertz CT molecular complexity index is 478. The number of rotatable bonds is 2. The minimum Gasteiger partial charge on any atom is -0.373 e. The minimum absolute atomic E-state index is 0.219. The quantitative estimate of drug-likeness (QED) is 0.833. The third-order valence-electron chi connectivity index (χ3n) is 4.01. The fourth-order valence-corrected chi connectivity index (χ4v) is 4.06. The number of ether oxygens (including phenoxy) is 1. The molecule has 1 fully saturated rings. The summed E-state index contributed by atoms with van der Waals surface area (Å²) < 4.78 is 5.71. The van der Waals surface area contributed by atoms with Crippen molar-refractivity contribution in [2.24, 2.45) is 0 Å². The van der Waals surface area contributed by atoms with E-state index in [0.717, 1.165) is 32.6 Å². The van der Waals surface area contributed by atoms with E-state index in [9.17, 15) is 4.79 Å². The number of thiophene rings is 1. The molecule has 2 aliphatic rings. The second-order valence-corrected chi connectivity index (χ2v) is 6.89. The van der Waals surface area contributed by atoms with E-state index in [4.69, 9.17) is 4.74 Å². The Morgan fingerprint density at radius 1 is 1.40 bits per heavy atom. The van der Waals surface area contributed by atoms with Crippen LogP contribution < -0.4 is 0 Å². The molecule has 1 saturated heterocycles. The molecule has 1 amide bonds. The van der Waals surface area contributed by atoms with Gasteiger partial charge in [-0.2, -0.15) is 0 Å². The van der Waals surface area contributed by atoms with Crippen LogP contribution in [-0.4, -0.2) is 54.1 Å². The van der Waals surface area contributed by atoms with E-state index < -0.39 is 0 Å². The summed E-state index contributed by atoms with van der Waals surface area (Å²) in [5, 5.41) is 2.13. The van der Waals surface area contributed by atoms with Crippen molar-refractivity contribution in [2.75, 3.05) is 26.2 Å². The lowest BCUT2D eigenvalue weighted by Crippen LogP contribution is -2.50. The lowest BCUT2D eigenvalue weighted by atomic mass is 10.1. The molecule has 5 heteroatoms. The molecule has 110 valence electrons. The number of fused-ring (bicyclic) bond motifs is 1. The van der Waals surface area contributed by atoms with Gasteiger partial charge in [-0.05, 0) is 37.3 Å². The van der Waals surface area contributed by atoms with Crippen LogP contribution in [0.2, 0.25) is 0 Å². The van der Waals surface area contributed by atoms with Gasteiger partial charge in [-0.1, -0.05) is 0 Å². The smallest absolute Gasteiger partial charge is 0.237 e. The molecule has 20 heavy (non-hydrogen) atoms. The number of nitrogens with zero attached hydrogens (tertiary/aromatic N) is 2. The van der Waals surface area contributed by atoms with Crippen molar-refractivity contribution in [3.05, 3.63) is 21.9 Å². The van der Waals surface area contributed by atoms with Crippen LogP contribution in [0.5, 0.6) is 0 Å². The van der Waals surface area contributed by atoms with Gasteiger partial charge in [0, 0.05) is 31.1 Å². The summed E-state index contributed by atoms with van der Waals surface area (Å²) in [6, 6.07) is 2.15. The Balaban J connectivity index is 1.57. The molecule has 0 radical (unpaired) electrons. The van der Waals surface area contributed by atoms with Gasteiger partial charge in [0.15, 0.2) is 0 Å². The number of morpholine rings is 1. The standard InChI is InChI=1S/C15H22N2O2S/c1-11-7-16(8-12(2)19-11)10-15(18)17-5-3-14-13(9-17)4-6-20-14/h4,6,11-12H,3,5,7-10H2,1-2H3/t11-,12-/m0/s1. The number of hydrogen-bond donors (Lipinski definition) is 0. The van der Waals surface area contributed by atoms with Gasteiger partial charge in [0.05, 0.1) is 18.8 Å². The molecule has 3 heterocycles. The first-order chi connectivity index (χ1) is 9.61. The van der Waals surface area contributed by atoms with Crippen molar-refractivity contribution < 1.29 is 9.53 Å². The summed E-state index contributed by atoms with van der Waals surface area (Å²) in [7, 11) is 0. The molecule has 1 aromatic heterocycles. The first kappa shape index (κ1) is 14.0. The molecule has 1 aromatic rings. The highest BCUT2D eigenvalue weighted by Crippen LogP contribution is 2.24. The maximum absolute atomic E-state index is 12.5. The highest BCUT2D eigenvalue weighted by atomic mass is 32.1. The number of amides is 1. The molecule has 0 aliphatic carbocycles. The molecule has 4 nitrogen and oxygen atoms in total. The van der Waals surface area contributed by atoms with Gasteiger partial charge in [0.1, 0.15) is 0 Å². The number of carbonyl (C=O) groups is 1. The van der Waals surface area contributed by atoms with E-state index in [1.54, 1.807) is 0 Å². The molecule has 2 aliphatic heterocycles. The fourth-order valence-electron chi connectivity index (χ4n) is 3.17. The molecule has 0 spiro atoms. The molecule has 0 bridgehead atoms. The van der Waals surface area contributed by atoms with Crippen LogP contribution in [-0.2, 0) is 22.5 Å². The van der Waals surface area contributed by atoms with Gasteiger partial charge in [-0.15, -0.1) is 11.3 Å². The molecule has 0 N–H and O–H groups in total. The van der Waals surface area contributed by atoms with Crippen molar-refractivity contribution >= 4 is 17.2 Å². The number of hydrogen-bond acceptors (Lipinski definition) is 4. The third-order valence-corrected chi connectivity index (χ3v) is 5.04. The van der Waals surface area contributed by atoms with Gasteiger partial charge < -0.3 is 9.64 Å². The summed E-state index contributed by atoms with van der Waals surface area (Å²) in [5.74, 6) is 0.253. The average Bonchev–Trinajstić information content (AvgIpc) is 2.84. The van der Waals surface area contributed by atoms with Crippen molar-refractivity contribution in [1.82, 2.24) is 9.80 Å². The van der Waals surface area contributed by atoms with E-state index in [1.807, 2.05) is 16.2 Å². The third kappa shape index (κ3) is 3.05. The number of carbonyl (C=O) groups excluding carboxylic acids is 1. The molecular formula is C15H22N2O2S. The highest BCUT2D eigenvalue weighted by Gasteiger charge is 2.27. The van der Waals surface area contributed by atoms with Crippen LogP contribution >= 0.6 is 11.3 Å². The normalized spacial score (nSPS) is 27.4. The van der Waals surface area contributed by atoms with Gasteiger partial charge in [0.2, 0.25) is 5.91 Å². The molecule has 2 atom stereocenters. The van der Waals surface area contributed by atoms with Gasteiger partial charge in [-0.3, -0.25) is 9.69 Å². The second-order valence-electron chi connectivity index (χ2n) is 5.89. The minimum atomic E-state index is 0.219. The van der Waals surface area contributed by atoms with Crippen LogP contribution in [0.25, 0.3) is 0 Å². The first-order valence-corrected chi connectivity index (χ1v) is 8.20. The van der Waals surface area contributed by atoms with Gasteiger partial charge in [-0.25, -0.2) is 0 Å². The predicted molar refractivity (Wildman–Crippen MR) is 79.9 cm³/mol. The van der Waals surface area contributed by atoms with E-state index in [-0.39, 0.29) is 18.1 Å². The van der Waals surface area contributed by atoms with E-state index in [0.29, 0.717) is 6.54 Å². The molecule has 3 rings (SSSR count). The Morgan fingerprint density at radius 3 is 2.90 bits per heavy atom. The maximum Gasteiger partial charge on any atom is 0.237 e. The lowest BCUT2D eigenvalue weighted by molar-refractivity contribution is -0.136. The van der Waals surface area contributed by atoms with Crippen LogP contribution in [0.1, 0.15) is 24.3 Å². The van der Waals surface area contributed by atoms with E-state index in [2.05, 4.69) is 30.2 Å². The van der Waals surface area contributed by atoms with Crippen LogP contribution in [0.15, 0.2) is 11.4 Å². The zero-order valence-electron chi connectivity index (χ0n) is 12.2. The zero-order valence-corrected chi connectivity index (χ0v) is 13.0. The topological polar surface area (TPSA) is 32.8 Å². The monoisotopic (exact) mass is 294 g/mol. The summed E-state index contributed by atoms with van der Waals surface area (Å²) in [6.45, 7) is 8.03. The van der Waals surface area contributed by atoms with Crippen LogP contribution in [0, 0.1) is 0 Å². The van der Waals surface area contributed by atoms with E-state index >= 15 is 0 Å². The van der Waals surface area contributed by atoms with Crippen molar-refractivity contribution in [3.8, 4) is 0 Å². The summed E-state index contributed by atoms with van der Waals surface area (Å²) in [4.78, 5) is 18.1.